The molecule has 0 aromatic heterocycles. The minimum absolute atomic E-state index is 0.0387. The zero-order chi connectivity index (χ0) is 12.0. The zero-order valence-electron chi connectivity index (χ0n) is 9.59. The highest BCUT2D eigenvalue weighted by Gasteiger charge is 2.17. The van der Waals surface area contributed by atoms with Crippen molar-refractivity contribution in [2.24, 2.45) is 5.73 Å². The van der Waals surface area contributed by atoms with E-state index in [0.717, 1.165) is 19.3 Å². The van der Waals surface area contributed by atoms with Crippen LogP contribution < -0.4 is 5.73 Å². The Kier molecular flexibility index (Phi) is 4.96. The van der Waals surface area contributed by atoms with E-state index in [0.29, 0.717) is 4.90 Å². The lowest BCUT2D eigenvalue weighted by molar-refractivity contribution is 0.569. The van der Waals surface area contributed by atoms with Crippen molar-refractivity contribution in [1.29, 1.82) is 0 Å². The Morgan fingerprint density at radius 2 is 1.88 bits per heavy atom. The fraction of sp³-hybridized carbons (Fsp3) is 0.500. The normalized spacial score (nSPS) is 13.6. The van der Waals surface area contributed by atoms with E-state index in [1.807, 2.05) is 0 Å². The molecule has 0 radical (unpaired) electrons. The lowest BCUT2D eigenvalue weighted by Gasteiger charge is -2.11. The molecule has 16 heavy (non-hydrogen) atoms. The molecule has 1 aromatic rings. The molecule has 4 heteroatoms. The molecular formula is C12H19NO2S. The third-order valence-electron chi connectivity index (χ3n) is 2.46. The molecule has 1 aromatic carbocycles. The fourth-order valence-electron chi connectivity index (χ4n) is 1.56. The molecule has 0 fully saturated rings. The van der Waals surface area contributed by atoms with Gasteiger partial charge < -0.3 is 5.73 Å². The molecule has 1 atom stereocenters. The number of hydrogen-bond acceptors (Lipinski definition) is 3. The summed E-state index contributed by atoms with van der Waals surface area (Å²) >= 11 is 0. The molecule has 0 saturated carbocycles. The van der Waals surface area contributed by atoms with Gasteiger partial charge in [0.05, 0.1) is 10.6 Å². The van der Waals surface area contributed by atoms with Gasteiger partial charge in [-0.25, -0.2) is 8.42 Å². The molecule has 0 unspecified atom stereocenters. The van der Waals surface area contributed by atoms with Crippen LogP contribution in [0.4, 0.5) is 0 Å². The molecule has 0 aliphatic carbocycles. The van der Waals surface area contributed by atoms with Gasteiger partial charge in [-0.3, -0.25) is 0 Å². The van der Waals surface area contributed by atoms with Crippen LogP contribution in [0.25, 0.3) is 0 Å². The van der Waals surface area contributed by atoms with Crippen molar-refractivity contribution in [1.82, 2.24) is 0 Å². The Morgan fingerprint density at radius 3 is 2.44 bits per heavy atom. The van der Waals surface area contributed by atoms with Crippen molar-refractivity contribution in [3.05, 3.63) is 30.3 Å². The summed E-state index contributed by atoms with van der Waals surface area (Å²) in [6.45, 7) is 2.07. The molecule has 0 aliphatic rings. The van der Waals surface area contributed by atoms with Crippen molar-refractivity contribution in [2.75, 3.05) is 5.75 Å². The summed E-state index contributed by atoms with van der Waals surface area (Å²) in [6.07, 6.45) is 2.78. The lowest BCUT2D eigenvalue weighted by atomic mass is 10.2. The van der Waals surface area contributed by atoms with Crippen LogP contribution in [0.15, 0.2) is 35.2 Å². The van der Waals surface area contributed by atoms with Crippen molar-refractivity contribution < 1.29 is 8.42 Å². The minimum atomic E-state index is -3.21. The van der Waals surface area contributed by atoms with Crippen LogP contribution in [0, 0.1) is 0 Å². The predicted molar refractivity (Wildman–Crippen MR) is 66.0 cm³/mol. The molecule has 0 spiro atoms. The first kappa shape index (κ1) is 13.2. The number of hydrogen-bond donors (Lipinski definition) is 1. The Bertz CT molecular complexity index is 400. The summed E-state index contributed by atoms with van der Waals surface area (Å²) < 4.78 is 23.9. The average Bonchev–Trinajstić information content (AvgIpc) is 2.27. The number of benzene rings is 1. The van der Waals surface area contributed by atoms with E-state index in [1.165, 1.54) is 0 Å². The van der Waals surface area contributed by atoms with Gasteiger partial charge in [-0.2, -0.15) is 0 Å². The van der Waals surface area contributed by atoms with Gasteiger partial charge in [-0.05, 0) is 18.6 Å². The molecule has 0 amide bonds. The Morgan fingerprint density at radius 1 is 1.25 bits per heavy atom. The Labute approximate surface area is 97.6 Å². The highest BCUT2D eigenvalue weighted by atomic mass is 32.2. The maximum absolute atomic E-state index is 11.9. The average molecular weight is 241 g/mol. The monoisotopic (exact) mass is 241 g/mol. The van der Waals surface area contributed by atoms with Crippen LogP contribution in [-0.2, 0) is 9.84 Å². The molecule has 3 nitrogen and oxygen atoms in total. The molecule has 0 saturated heterocycles. The maximum Gasteiger partial charge on any atom is 0.179 e. The summed E-state index contributed by atoms with van der Waals surface area (Å²) in [7, 11) is -3.21. The van der Waals surface area contributed by atoms with Crippen LogP contribution in [0.1, 0.15) is 26.2 Å². The first-order chi connectivity index (χ1) is 7.56. The number of rotatable bonds is 6. The van der Waals surface area contributed by atoms with E-state index in [1.54, 1.807) is 30.3 Å². The summed E-state index contributed by atoms with van der Waals surface area (Å²) in [4.78, 5) is 0.363. The minimum Gasteiger partial charge on any atom is -0.327 e. The third kappa shape index (κ3) is 3.94. The van der Waals surface area contributed by atoms with E-state index in [4.69, 9.17) is 5.73 Å². The Balaban J connectivity index is 2.66. The van der Waals surface area contributed by atoms with Crippen LogP contribution in [-0.4, -0.2) is 20.2 Å². The molecule has 0 aliphatic heterocycles. The van der Waals surface area contributed by atoms with E-state index in [2.05, 4.69) is 6.92 Å². The van der Waals surface area contributed by atoms with Gasteiger partial charge in [0, 0.05) is 6.04 Å². The van der Waals surface area contributed by atoms with Gasteiger partial charge >= 0.3 is 0 Å². The van der Waals surface area contributed by atoms with Crippen LogP contribution in [0.3, 0.4) is 0 Å². The summed E-state index contributed by atoms with van der Waals surface area (Å²) in [5, 5.41) is 0. The zero-order valence-corrected chi connectivity index (χ0v) is 10.4. The van der Waals surface area contributed by atoms with Gasteiger partial charge in [0.1, 0.15) is 0 Å². The van der Waals surface area contributed by atoms with Crippen molar-refractivity contribution in [3.63, 3.8) is 0 Å². The van der Waals surface area contributed by atoms with Gasteiger partial charge in [0.15, 0.2) is 9.84 Å². The van der Waals surface area contributed by atoms with E-state index >= 15 is 0 Å². The van der Waals surface area contributed by atoms with Crippen molar-refractivity contribution >= 4 is 9.84 Å². The summed E-state index contributed by atoms with van der Waals surface area (Å²) in [5.41, 5.74) is 5.80. The van der Waals surface area contributed by atoms with Gasteiger partial charge in [-0.1, -0.05) is 38.0 Å². The first-order valence-electron chi connectivity index (χ1n) is 5.59. The first-order valence-corrected chi connectivity index (χ1v) is 7.25. The third-order valence-corrected chi connectivity index (χ3v) is 4.32. The maximum atomic E-state index is 11.9. The quantitative estimate of drug-likeness (QED) is 0.828. The standard InChI is InChI=1S/C12H19NO2S/c1-2-3-7-11(13)10-16(14,15)12-8-5-4-6-9-12/h4-6,8-9,11H,2-3,7,10,13H2,1H3/t11-/m0/s1. The molecular weight excluding hydrogens is 222 g/mol. The van der Waals surface area contributed by atoms with E-state index < -0.39 is 9.84 Å². The second-order valence-corrected chi connectivity index (χ2v) is 6.03. The molecule has 1 rings (SSSR count). The largest absolute Gasteiger partial charge is 0.327 e. The van der Waals surface area contributed by atoms with E-state index in [-0.39, 0.29) is 11.8 Å². The van der Waals surface area contributed by atoms with Crippen molar-refractivity contribution in [3.8, 4) is 0 Å². The fourth-order valence-corrected chi connectivity index (χ4v) is 3.05. The number of unbranched alkanes of at least 4 members (excludes halogenated alkanes) is 1. The molecule has 0 bridgehead atoms. The number of sulfone groups is 1. The Hall–Kier alpha value is -0.870. The predicted octanol–water partition coefficient (Wildman–Crippen LogP) is 1.98. The molecule has 0 heterocycles. The van der Waals surface area contributed by atoms with E-state index in [9.17, 15) is 8.42 Å². The van der Waals surface area contributed by atoms with Crippen LogP contribution >= 0.6 is 0 Å². The second kappa shape index (κ2) is 6.01. The van der Waals surface area contributed by atoms with Gasteiger partial charge in [-0.15, -0.1) is 0 Å². The van der Waals surface area contributed by atoms with Crippen LogP contribution in [0.2, 0.25) is 0 Å². The number of nitrogens with two attached hydrogens (primary N) is 1. The van der Waals surface area contributed by atoms with Gasteiger partial charge in [0.2, 0.25) is 0 Å². The molecule has 2 N–H and O–H groups in total. The highest BCUT2D eigenvalue weighted by molar-refractivity contribution is 7.91. The summed E-state index contributed by atoms with van der Waals surface area (Å²) in [5.74, 6) is 0.0387. The van der Waals surface area contributed by atoms with Crippen LogP contribution in [0.5, 0.6) is 0 Å². The SMILES string of the molecule is CCCC[C@H](N)CS(=O)(=O)c1ccccc1. The lowest BCUT2D eigenvalue weighted by Crippen LogP contribution is -2.29. The van der Waals surface area contributed by atoms with Crippen molar-refractivity contribution in [2.45, 2.75) is 37.1 Å². The topological polar surface area (TPSA) is 60.2 Å². The van der Waals surface area contributed by atoms with Gasteiger partial charge in [0.25, 0.3) is 0 Å². The second-order valence-electron chi connectivity index (χ2n) is 4.00. The highest BCUT2D eigenvalue weighted by Crippen LogP contribution is 2.12. The molecule has 90 valence electrons. The smallest absolute Gasteiger partial charge is 0.179 e. The summed E-state index contributed by atoms with van der Waals surface area (Å²) in [6, 6.07) is 8.22.